The summed E-state index contributed by atoms with van der Waals surface area (Å²) in [4.78, 5) is 30.5. The van der Waals surface area contributed by atoms with E-state index in [1.807, 2.05) is 24.3 Å². The fraction of sp³-hybridized carbons (Fsp3) is 0.417. The monoisotopic (exact) mass is 468 g/mol. The number of hydrogen-bond donors (Lipinski definition) is 1. The van der Waals surface area contributed by atoms with Crippen molar-refractivity contribution in [2.45, 2.75) is 43.0 Å². The Morgan fingerprint density at radius 3 is 2.39 bits per heavy atom. The quantitative estimate of drug-likeness (QED) is 0.637. The van der Waals surface area contributed by atoms with Crippen molar-refractivity contribution >= 4 is 27.0 Å². The van der Waals surface area contributed by atoms with Crippen molar-refractivity contribution in [1.82, 2.24) is 18.8 Å². The van der Waals surface area contributed by atoms with Crippen LogP contribution in [0, 0.1) is 0 Å². The maximum atomic E-state index is 13.2. The predicted octanol–water partition coefficient (Wildman–Crippen LogP) is 2.98. The number of piperidine rings is 2. The number of para-hydroxylation sites is 2. The minimum atomic E-state index is -3.59. The molecule has 0 saturated carbocycles. The number of benzene rings is 2. The van der Waals surface area contributed by atoms with Crippen molar-refractivity contribution in [3.8, 4) is 0 Å². The zero-order valence-corrected chi connectivity index (χ0v) is 19.3. The maximum Gasteiger partial charge on any atom is 0.326 e. The van der Waals surface area contributed by atoms with Gasteiger partial charge in [-0.15, -0.1) is 0 Å². The number of likely N-dealkylation sites (tertiary alicyclic amines) is 1. The van der Waals surface area contributed by atoms with E-state index in [0.717, 1.165) is 30.3 Å². The third-order valence-electron chi connectivity index (χ3n) is 6.77. The van der Waals surface area contributed by atoms with E-state index in [4.69, 9.17) is 0 Å². The van der Waals surface area contributed by atoms with Gasteiger partial charge >= 0.3 is 5.69 Å². The number of nitrogens with zero attached hydrogens (tertiary/aromatic N) is 3. The van der Waals surface area contributed by atoms with Gasteiger partial charge in [-0.1, -0.05) is 24.6 Å². The summed E-state index contributed by atoms with van der Waals surface area (Å²) in [7, 11) is -3.59. The third kappa shape index (κ3) is 4.11. The van der Waals surface area contributed by atoms with E-state index in [-0.39, 0.29) is 22.5 Å². The second-order valence-electron chi connectivity index (χ2n) is 8.83. The van der Waals surface area contributed by atoms with Crippen molar-refractivity contribution < 1.29 is 13.2 Å². The molecule has 8 nitrogen and oxygen atoms in total. The molecule has 0 spiro atoms. The molecule has 5 rings (SSSR count). The summed E-state index contributed by atoms with van der Waals surface area (Å²) >= 11 is 0. The van der Waals surface area contributed by atoms with Gasteiger partial charge in [-0.2, -0.15) is 4.31 Å². The first-order valence-electron chi connectivity index (χ1n) is 11.5. The summed E-state index contributed by atoms with van der Waals surface area (Å²) in [5.41, 5.74) is 1.95. The zero-order chi connectivity index (χ0) is 23.0. The highest BCUT2D eigenvalue weighted by atomic mass is 32.2. The van der Waals surface area contributed by atoms with Gasteiger partial charge in [0.25, 0.3) is 5.91 Å². The van der Waals surface area contributed by atoms with Crippen LogP contribution in [0.15, 0.2) is 58.2 Å². The molecule has 2 fully saturated rings. The largest absolute Gasteiger partial charge is 0.338 e. The van der Waals surface area contributed by atoms with Crippen molar-refractivity contribution in [1.29, 1.82) is 0 Å². The molecule has 0 aliphatic carbocycles. The lowest BCUT2D eigenvalue weighted by atomic mass is 10.0. The zero-order valence-electron chi connectivity index (χ0n) is 18.4. The van der Waals surface area contributed by atoms with Crippen molar-refractivity contribution in [3.63, 3.8) is 0 Å². The van der Waals surface area contributed by atoms with E-state index >= 15 is 0 Å². The molecule has 3 aromatic rings. The van der Waals surface area contributed by atoms with E-state index in [1.165, 1.54) is 10.4 Å². The lowest BCUT2D eigenvalue weighted by molar-refractivity contribution is 0.0694. The fourth-order valence-electron chi connectivity index (χ4n) is 4.99. The Morgan fingerprint density at radius 1 is 0.909 bits per heavy atom. The Balaban J connectivity index is 1.31. The van der Waals surface area contributed by atoms with E-state index in [0.29, 0.717) is 44.6 Å². The molecule has 1 amide bonds. The topological polar surface area (TPSA) is 95.5 Å². The van der Waals surface area contributed by atoms with Crippen LogP contribution in [0.1, 0.15) is 48.5 Å². The molecule has 0 atom stereocenters. The van der Waals surface area contributed by atoms with Crippen LogP contribution in [0.3, 0.4) is 0 Å². The van der Waals surface area contributed by atoms with Crippen molar-refractivity contribution in [2.24, 2.45) is 0 Å². The average molecular weight is 469 g/mol. The summed E-state index contributed by atoms with van der Waals surface area (Å²) in [6, 6.07) is 14.0. The number of carbonyl (C=O) groups is 1. The number of aromatic nitrogens is 2. The summed E-state index contributed by atoms with van der Waals surface area (Å²) in [5.74, 6) is -0.171. The molecule has 2 aliphatic heterocycles. The molecule has 2 saturated heterocycles. The van der Waals surface area contributed by atoms with Crippen LogP contribution in [-0.2, 0) is 10.0 Å². The van der Waals surface area contributed by atoms with E-state index in [2.05, 4.69) is 4.98 Å². The number of H-pyrrole nitrogens is 1. The highest BCUT2D eigenvalue weighted by Gasteiger charge is 2.29. The lowest BCUT2D eigenvalue weighted by Crippen LogP contribution is -2.40. The summed E-state index contributed by atoms with van der Waals surface area (Å²) in [6.07, 6.45) is 4.11. The van der Waals surface area contributed by atoms with Gasteiger partial charge in [-0.25, -0.2) is 13.2 Å². The van der Waals surface area contributed by atoms with Gasteiger partial charge in [0, 0.05) is 37.8 Å². The Bertz CT molecular complexity index is 1330. The molecule has 174 valence electrons. The van der Waals surface area contributed by atoms with Crippen LogP contribution in [0.2, 0.25) is 0 Å². The van der Waals surface area contributed by atoms with Crippen LogP contribution in [-0.4, -0.2) is 59.3 Å². The highest BCUT2D eigenvalue weighted by molar-refractivity contribution is 7.89. The smallest absolute Gasteiger partial charge is 0.326 e. The standard InChI is InChI=1S/C24H28N4O4S/c29-23(18-7-6-8-20(17-18)33(31,32)27-13-4-1-5-14-27)26-15-11-19(12-16-26)28-22-10-3-2-9-21(22)25-24(28)30/h2-3,6-10,17,19H,1,4-5,11-16H2,(H,25,30). The molecule has 33 heavy (non-hydrogen) atoms. The molecule has 0 unspecified atom stereocenters. The Morgan fingerprint density at radius 2 is 1.64 bits per heavy atom. The lowest BCUT2D eigenvalue weighted by Gasteiger charge is -2.32. The number of aromatic amines is 1. The third-order valence-corrected chi connectivity index (χ3v) is 8.67. The molecule has 2 aromatic carbocycles. The predicted molar refractivity (Wildman–Crippen MR) is 126 cm³/mol. The fourth-order valence-corrected chi connectivity index (χ4v) is 6.55. The van der Waals surface area contributed by atoms with Crippen molar-refractivity contribution in [2.75, 3.05) is 26.2 Å². The molecular weight excluding hydrogens is 440 g/mol. The molecule has 1 aromatic heterocycles. The SMILES string of the molecule is O=C(c1cccc(S(=O)(=O)N2CCCCC2)c1)N1CCC(n2c(=O)[nH]c3ccccc32)CC1. The number of sulfonamides is 1. The summed E-state index contributed by atoms with van der Waals surface area (Å²) in [6.45, 7) is 2.08. The number of carbonyl (C=O) groups excluding carboxylic acids is 1. The normalized spacial score (nSPS) is 18.6. The highest BCUT2D eigenvalue weighted by Crippen LogP contribution is 2.27. The van der Waals surface area contributed by atoms with Crippen LogP contribution < -0.4 is 5.69 Å². The Hall–Kier alpha value is -2.91. The number of hydrogen-bond acceptors (Lipinski definition) is 4. The second kappa shape index (κ2) is 8.79. The maximum absolute atomic E-state index is 13.2. The number of rotatable bonds is 4. The van der Waals surface area contributed by atoms with Crippen LogP contribution in [0.5, 0.6) is 0 Å². The molecule has 0 radical (unpaired) electrons. The first-order chi connectivity index (χ1) is 15.9. The van der Waals surface area contributed by atoms with E-state index in [1.54, 1.807) is 27.7 Å². The number of imidazole rings is 1. The molecular formula is C24H28N4O4S. The van der Waals surface area contributed by atoms with E-state index in [9.17, 15) is 18.0 Å². The number of fused-ring (bicyclic) bond motifs is 1. The Kier molecular flexibility index (Phi) is 5.84. The molecule has 3 heterocycles. The minimum absolute atomic E-state index is 0.0171. The average Bonchev–Trinajstić information content (AvgIpc) is 3.20. The van der Waals surface area contributed by atoms with Gasteiger partial charge in [-0.3, -0.25) is 9.36 Å². The van der Waals surface area contributed by atoms with Crippen LogP contribution in [0.4, 0.5) is 0 Å². The van der Waals surface area contributed by atoms with Gasteiger partial charge in [0.1, 0.15) is 0 Å². The molecule has 2 aliphatic rings. The van der Waals surface area contributed by atoms with Crippen LogP contribution in [0.25, 0.3) is 11.0 Å². The minimum Gasteiger partial charge on any atom is -0.338 e. The summed E-state index contributed by atoms with van der Waals surface area (Å²) in [5, 5.41) is 0. The second-order valence-corrected chi connectivity index (χ2v) is 10.8. The number of nitrogens with one attached hydrogen (secondary N) is 1. The van der Waals surface area contributed by atoms with Gasteiger partial charge < -0.3 is 9.88 Å². The van der Waals surface area contributed by atoms with Gasteiger partial charge in [0.05, 0.1) is 15.9 Å². The molecule has 0 bridgehead atoms. The first-order valence-corrected chi connectivity index (χ1v) is 13.0. The van der Waals surface area contributed by atoms with Crippen LogP contribution >= 0.6 is 0 Å². The number of amides is 1. The molecule has 1 N–H and O–H groups in total. The van der Waals surface area contributed by atoms with Gasteiger partial charge in [-0.05, 0) is 56.0 Å². The summed E-state index contributed by atoms with van der Waals surface area (Å²) < 4.78 is 29.3. The van der Waals surface area contributed by atoms with E-state index < -0.39 is 10.0 Å². The Labute approximate surface area is 192 Å². The molecule has 9 heteroatoms. The van der Waals surface area contributed by atoms with Crippen molar-refractivity contribution in [3.05, 3.63) is 64.6 Å². The van der Waals surface area contributed by atoms with Gasteiger partial charge in [0.2, 0.25) is 10.0 Å². The van der Waals surface area contributed by atoms with Gasteiger partial charge in [0.15, 0.2) is 0 Å². The first kappa shape index (κ1) is 21.9.